The van der Waals surface area contributed by atoms with Gasteiger partial charge in [-0.2, -0.15) is 0 Å². The van der Waals surface area contributed by atoms with Crippen LogP contribution in [0.5, 0.6) is 0 Å². The normalized spacial score (nSPS) is 21.1. The van der Waals surface area contributed by atoms with E-state index in [1.807, 2.05) is 36.4 Å². The van der Waals surface area contributed by atoms with E-state index < -0.39 is 24.0 Å². The minimum atomic E-state index is -0.980. The van der Waals surface area contributed by atoms with Gasteiger partial charge in [0.05, 0.1) is 19.3 Å². The molecule has 134 valence electrons. The molecule has 1 saturated heterocycles. The summed E-state index contributed by atoms with van der Waals surface area (Å²) in [7, 11) is 0. The topological polar surface area (TPSA) is 84.9 Å². The van der Waals surface area contributed by atoms with Crippen LogP contribution < -0.4 is 5.32 Å². The highest BCUT2D eigenvalue weighted by Crippen LogP contribution is 2.44. The van der Waals surface area contributed by atoms with Gasteiger partial charge in [0.25, 0.3) is 0 Å². The fourth-order valence-electron chi connectivity index (χ4n) is 3.73. The first-order valence-corrected chi connectivity index (χ1v) is 8.57. The second kappa shape index (κ2) is 6.80. The number of hydrogen-bond donors (Lipinski definition) is 2. The number of amides is 1. The fourth-order valence-corrected chi connectivity index (χ4v) is 3.73. The molecule has 0 radical (unpaired) electrons. The molecule has 1 fully saturated rings. The van der Waals surface area contributed by atoms with E-state index in [4.69, 9.17) is 14.6 Å². The Morgan fingerprint density at radius 1 is 1.04 bits per heavy atom. The predicted octanol–water partition coefficient (Wildman–Crippen LogP) is 2.62. The van der Waals surface area contributed by atoms with Crippen molar-refractivity contribution >= 4 is 12.1 Å². The van der Waals surface area contributed by atoms with Gasteiger partial charge in [0.15, 0.2) is 0 Å². The van der Waals surface area contributed by atoms with E-state index in [1.165, 1.54) is 0 Å². The molecule has 0 spiro atoms. The van der Waals surface area contributed by atoms with Crippen molar-refractivity contribution in [1.82, 2.24) is 5.32 Å². The summed E-state index contributed by atoms with van der Waals surface area (Å²) < 4.78 is 10.6. The maximum atomic E-state index is 12.2. The third-order valence-electron chi connectivity index (χ3n) is 5.04. The van der Waals surface area contributed by atoms with Crippen LogP contribution in [-0.4, -0.2) is 43.0 Å². The number of hydrogen-bond acceptors (Lipinski definition) is 4. The van der Waals surface area contributed by atoms with Crippen molar-refractivity contribution < 1.29 is 24.2 Å². The van der Waals surface area contributed by atoms with Gasteiger partial charge in [-0.15, -0.1) is 0 Å². The molecule has 4 rings (SSSR count). The van der Waals surface area contributed by atoms with Crippen molar-refractivity contribution in [1.29, 1.82) is 0 Å². The summed E-state index contributed by atoms with van der Waals surface area (Å²) in [6.07, 6.45) is -0.617. The molecule has 0 bridgehead atoms. The van der Waals surface area contributed by atoms with Crippen molar-refractivity contribution in [2.24, 2.45) is 5.92 Å². The Balaban J connectivity index is 1.45. The average Bonchev–Trinajstić information content (AvgIpc) is 3.23. The first-order valence-electron chi connectivity index (χ1n) is 8.57. The molecule has 1 aliphatic carbocycles. The van der Waals surface area contributed by atoms with Gasteiger partial charge in [-0.3, -0.25) is 4.79 Å². The van der Waals surface area contributed by atoms with Crippen molar-refractivity contribution in [3.63, 3.8) is 0 Å². The molecule has 0 saturated carbocycles. The van der Waals surface area contributed by atoms with Crippen molar-refractivity contribution in [3.05, 3.63) is 59.7 Å². The molecule has 1 heterocycles. The minimum Gasteiger partial charge on any atom is -0.481 e. The Morgan fingerprint density at radius 3 is 2.27 bits per heavy atom. The molecule has 6 heteroatoms. The molecule has 0 aromatic heterocycles. The third kappa shape index (κ3) is 2.93. The van der Waals surface area contributed by atoms with Crippen LogP contribution in [0.2, 0.25) is 0 Å². The zero-order chi connectivity index (χ0) is 18.1. The zero-order valence-electron chi connectivity index (χ0n) is 14.1. The van der Waals surface area contributed by atoms with Crippen LogP contribution in [0.15, 0.2) is 48.5 Å². The number of ether oxygens (including phenoxy) is 2. The van der Waals surface area contributed by atoms with Crippen LogP contribution >= 0.6 is 0 Å². The third-order valence-corrected chi connectivity index (χ3v) is 5.04. The van der Waals surface area contributed by atoms with E-state index in [2.05, 4.69) is 17.4 Å². The standard InChI is InChI=1S/C20H19NO5/c22-19(23)17-9-25-11-18(17)21-20(24)26-10-16-14-7-3-1-5-12(14)13-6-2-4-8-15(13)16/h1-8,16-18H,9-11H2,(H,21,24)(H,22,23)/t17-,18-/m0/s1. The number of carboxylic acids is 1. The van der Waals surface area contributed by atoms with E-state index in [0.717, 1.165) is 22.3 Å². The van der Waals surface area contributed by atoms with Crippen LogP contribution in [0.1, 0.15) is 17.0 Å². The number of rotatable bonds is 4. The van der Waals surface area contributed by atoms with E-state index >= 15 is 0 Å². The minimum absolute atomic E-state index is 0.0248. The Morgan fingerprint density at radius 2 is 1.65 bits per heavy atom. The van der Waals surface area contributed by atoms with Crippen LogP contribution in [0.3, 0.4) is 0 Å². The predicted molar refractivity (Wildman–Crippen MR) is 93.9 cm³/mol. The Kier molecular flexibility index (Phi) is 4.34. The van der Waals surface area contributed by atoms with Gasteiger partial charge in [0.1, 0.15) is 12.5 Å². The highest BCUT2D eigenvalue weighted by molar-refractivity contribution is 5.79. The summed E-state index contributed by atoms with van der Waals surface area (Å²) in [5.74, 6) is -1.75. The molecular formula is C20H19NO5. The maximum absolute atomic E-state index is 12.2. The van der Waals surface area contributed by atoms with Gasteiger partial charge >= 0.3 is 12.1 Å². The van der Waals surface area contributed by atoms with Crippen LogP contribution in [0, 0.1) is 5.92 Å². The van der Waals surface area contributed by atoms with Gasteiger partial charge in [0.2, 0.25) is 0 Å². The van der Waals surface area contributed by atoms with E-state index in [9.17, 15) is 9.59 Å². The SMILES string of the molecule is O=C(N[C@H]1COC[C@@H]1C(=O)O)OCC1c2ccccc2-c2ccccc21. The second-order valence-corrected chi connectivity index (χ2v) is 6.56. The van der Waals surface area contributed by atoms with Gasteiger partial charge in [-0.1, -0.05) is 48.5 Å². The van der Waals surface area contributed by atoms with Gasteiger partial charge in [-0.05, 0) is 22.3 Å². The molecule has 1 amide bonds. The van der Waals surface area contributed by atoms with E-state index in [0.29, 0.717) is 0 Å². The lowest BCUT2D eigenvalue weighted by Gasteiger charge is -2.18. The molecule has 2 atom stereocenters. The monoisotopic (exact) mass is 353 g/mol. The molecule has 2 aromatic rings. The fraction of sp³-hybridized carbons (Fsp3) is 0.300. The number of carbonyl (C=O) groups excluding carboxylic acids is 1. The highest BCUT2D eigenvalue weighted by atomic mass is 16.5. The molecular weight excluding hydrogens is 334 g/mol. The molecule has 26 heavy (non-hydrogen) atoms. The van der Waals surface area contributed by atoms with Crippen molar-refractivity contribution in [3.8, 4) is 11.1 Å². The molecule has 2 aliphatic rings. The smallest absolute Gasteiger partial charge is 0.407 e. The van der Waals surface area contributed by atoms with Gasteiger partial charge < -0.3 is 19.9 Å². The first kappa shape index (κ1) is 16.6. The second-order valence-electron chi connectivity index (χ2n) is 6.56. The number of carbonyl (C=O) groups is 2. The number of nitrogens with one attached hydrogen (secondary N) is 1. The summed E-state index contributed by atoms with van der Waals surface area (Å²) >= 11 is 0. The van der Waals surface area contributed by atoms with Gasteiger partial charge in [0, 0.05) is 5.92 Å². The largest absolute Gasteiger partial charge is 0.481 e. The Bertz CT molecular complexity index is 804. The average molecular weight is 353 g/mol. The molecule has 6 nitrogen and oxygen atoms in total. The number of fused-ring (bicyclic) bond motifs is 3. The summed E-state index contributed by atoms with van der Waals surface area (Å²) in [5, 5.41) is 11.8. The first-order chi connectivity index (χ1) is 12.6. The van der Waals surface area contributed by atoms with Crippen molar-refractivity contribution in [2.45, 2.75) is 12.0 Å². The molecule has 1 aliphatic heterocycles. The Hall–Kier alpha value is -2.86. The van der Waals surface area contributed by atoms with Crippen LogP contribution in [0.4, 0.5) is 4.79 Å². The highest BCUT2D eigenvalue weighted by Gasteiger charge is 2.36. The number of aliphatic carboxylic acids is 1. The number of carboxylic acid groups (broad SMARTS) is 1. The Labute approximate surface area is 150 Å². The molecule has 2 aromatic carbocycles. The lowest BCUT2D eigenvalue weighted by atomic mass is 9.98. The lowest BCUT2D eigenvalue weighted by Crippen LogP contribution is -2.43. The number of alkyl carbamates (subject to hydrolysis) is 1. The lowest BCUT2D eigenvalue weighted by molar-refractivity contribution is -0.142. The molecule has 0 unspecified atom stereocenters. The van der Waals surface area contributed by atoms with Crippen molar-refractivity contribution in [2.75, 3.05) is 19.8 Å². The summed E-state index contributed by atoms with van der Waals surface area (Å²) in [6.45, 7) is 0.482. The van der Waals surface area contributed by atoms with Gasteiger partial charge in [-0.25, -0.2) is 4.79 Å². The van der Waals surface area contributed by atoms with Crippen LogP contribution in [-0.2, 0) is 14.3 Å². The summed E-state index contributed by atoms with van der Waals surface area (Å²) in [4.78, 5) is 23.3. The van der Waals surface area contributed by atoms with E-state index in [1.54, 1.807) is 0 Å². The quantitative estimate of drug-likeness (QED) is 0.883. The van der Waals surface area contributed by atoms with E-state index in [-0.39, 0.29) is 25.7 Å². The molecule has 2 N–H and O–H groups in total. The van der Waals surface area contributed by atoms with Crippen LogP contribution in [0.25, 0.3) is 11.1 Å². The summed E-state index contributed by atoms with van der Waals surface area (Å²) in [5.41, 5.74) is 4.59. The summed E-state index contributed by atoms with van der Waals surface area (Å²) in [6, 6.07) is 15.6. The maximum Gasteiger partial charge on any atom is 0.407 e. The number of benzene rings is 2. The zero-order valence-corrected chi connectivity index (χ0v) is 14.1.